The molecule has 1 aromatic carbocycles. The minimum absolute atomic E-state index is 0.0394. The SMILES string of the molecule is O=C(Cc1csc(NS(=O)(=O)c2ccc(C3(Cl)C=CCS3)cc2)n1)N1CCOCC1. The zero-order chi connectivity index (χ0) is 21.2. The Balaban J connectivity index is 1.41. The van der Waals surface area contributed by atoms with Crippen LogP contribution in [0.3, 0.4) is 0 Å². The average Bonchev–Trinajstić information content (AvgIpc) is 3.38. The molecule has 11 heteroatoms. The van der Waals surface area contributed by atoms with Gasteiger partial charge in [0.1, 0.15) is 4.21 Å². The molecule has 7 nitrogen and oxygen atoms in total. The summed E-state index contributed by atoms with van der Waals surface area (Å²) in [6.07, 6.45) is 4.04. The normalized spacial score (nSPS) is 21.7. The number of ether oxygens (including phenoxy) is 1. The Bertz CT molecular complexity index is 1050. The second-order valence-electron chi connectivity index (χ2n) is 6.80. The second kappa shape index (κ2) is 8.88. The highest BCUT2D eigenvalue weighted by molar-refractivity contribution is 8.02. The van der Waals surface area contributed by atoms with Crippen LogP contribution in [-0.2, 0) is 30.2 Å². The first kappa shape index (κ1) is 21.6. The van der Waals surface area contributed by atoms with Crippen LogP contribution in [0, 0.1) is 0 Å². The van der Waals surface area contributed by atoms with Crippen LogP contribution in [0.15, 0.2) is 46.7 Å². The highest BCUT2D eigenvalue weighted by atomic mass is 35.5. The Morgan fingerprint density at radius 1 is 1.27 bits per heavy atom. The molecule has 0 spiro atoms. The summed E-state index contributed by atoms with van der Waals surface area (Å²) in [4.78, 5) is 18.4. The van der Waals surface area contributed by atoms with E-state index in [4.69, 9.17) is 16.3 Å². The molecule has 2 aromatic rings. The topological polar surface area (TPSA) is 88.6 Å². The van der Waals surface area contributed by atoms with Crippen molar-refractivity contribution in [1.82, 2.24) is 9.88 Å². The summed E-state index contributed by atoms with van der Waals surface area (Å²) in [6.45, 7) is 2.20. The predicted molar refractivity (Wildman–Crippen MR) is 120 cm³/mol. The zero-order valence-electron chi connectivity index (χ0n) is 15.9. The fourth-order valence-corrected chi connectivity index (χ4v) is 6.44. The number of halogens is 1. The van der Waals surface area contributed by atoms with E-state index in [2.05, 4.69) is 9.71 Å². The number of hydrogen-bond acceptors (Lipinski definition) is 7. The minimum Gasteiger partial charge on any atom is -0.378 e. The molecule has 0 radical (unpaired) electrons. The highest BCUT2D eigenvalue weighted by Crippen LogP contribution is 2.45. The maximum atomic E-state index is 12.7. The van der Waals surface area contributed by atoms with E-state index in [0.29, 0.717) is 32.0 Å². The molecule has 0 bridgehead atoms. The molecule has 0 saturated carbocycles. The van der Waals surface area contributed by atoms with E-state index in [0.717, 1.165) is 22.7 Å². The number of morpholine rings is 1. The lowest BCUT2D eigenvalue weighted by Crippen LogP contribution is -2.41. The number of hydrogen-bond donors (Lipinski definition) is 1. The number of thiazole rings is 1. The molecule has 0 aliphatic carbocycles. The van der Waals surface area contributed by atoms with Crippen molar-refractivity contribution in [2.24, 2.45) is 0 Å². The zero-order valence-corrected chi connectivity index (χ0v) is 19.1. The fraction of sp³-hybridized carbons (Fsp3) is 0.368. The van der Waals surface area contributed by atoms with Crippen molar-refractivity contribution in [1.29, 1.82) is 0 Å². The molecule has 1 unspecified atom stereocenters. The Morgan fingerprint density at radius 3 is 2.67 bits per heavy atom. The number of nitrogens with zero attached hydrogens (tertiary/aromatic N) is 2. The number of aromatic nitrogens is 1. The van der Waals surface area contributed by atoms with Crippen molar-refractivity contribution in [2.45, 2.75) is 15.5 Å². The van der Waals surface area contributed by atoms with Crippen molar-refractivity contribution in [3.05, 3.63) is 53.1 Å². The molecule has 2 aliphatic heterocycles. The number of carbonyl (C=O) groups is 1. The van der Waals surface area contributed by atoms with E-state index in [-0.39, 0.29) is 22.4 Å². The molecule has 4 rings (SSSR count). The number of sulfonamides is 1. The van der Waals surface area contributed by atoms with Gasteiger partial charge in [-0.2, -0.15) is 0 Å². The maximum Gasteiger partial charge on any atom is 0.263 e. The number of benzene rings is 1. The molecule has 1 amide bonds. The molecule has 1 N–H and O–H groups in total. The number of amides is 1. The summed E-state index contributed by atoms with van der Waals surface area (Å²) < 4.78 is 32.5. The summed E-state index contributed by atoms with van der Waals surface area (Å²) in [6, 6.07) is 6.51. The first-order valence-electron chi connectivity index (χ1n) is 9.30. The quantitative estimate of drug-likeness (QED) is 0.499. The van der Waals surface area contributed by atoms with E-state index in [1.807, 2.05) is 12.2 Å². The van der Waals surface area contributed by atoms with Crippen LogP contribution in [-0.4, -0.2) is 56.3 Å². The summed E-state index contributed by atoms with van der Waals surface area (Å²) in [5, 5.41) is 1.92. The van der Waals surface area contributed by atoms with Gasteiger partial charge < -0.3 is 9.64 Å². The summed E-state index contributed by atoms with van der Waals surface area (Å²) in [5.41, 5.74) is 1.37. The van der Waals surface area contributed by atoms with Crippen molar-refractivity contribution in [2.75, 3.05) is 36.8 Å². The van der Waals surface area contributed by atoms with Gasteiger partial charge in [-0.25, -0.2) is 13.4 Å². The van der Waals surface area contributed by atoms with Gasteiger partial charge in [0.25, 0.3) is 10.0 Å². The van der Waals surface area contributed by atoms with Gasteiger partial charge in [0.15, 0.2) is 5.13 Å². The van der Waals surface area contributed by atoms with Crippen molar-refractivity contribution in [3.8, 4) is 0 Å². The molecule has 1 fully saturated rings. The van der Waals surface area contributed by atoms with E-state index < -0.39 is 14.2 Å². The first-order chi connectivity index (χ1) is 14.4. The predicted octanol–water partition coefficient (Wildman–Crippen LogP) is 3.04. The van der Waals surface area contributed by atoms with E-state index in [1.165, 1.54) is 12.1 Å². The van der Waals surface area contributed by atoms with Gasteiger partial charge >= 0.3 is 0 Å². The van der Waals surface area contributed by atoms with Gasteiger partial charge in [0, 0.05) is 24.2 Å². The molecule has 1 aromatic heterocycles. The molecule has 1 atom stereocenters. The van der Waals surface area contributed by atoms with Crippen LogP contribution in [0.1, 0.15) is 11.3 Å². The van der Waals surface area contributed by atoms with Gasteiger partial charge in [-0.1, -0.05) is 35.9 Å². The third kappa shape index (κ3) is 4.83. The van der Waals surface area contributed by atoms with Crippen molar-refractivity contribution < 1.29 is 17.9 Å². The third-order valence-corrected chi connectivity index (χ3v) is 8.86. The largest absolute Gasteiger partial charge is 0.378 e. The average molecular weight is 486 g/mol. The lowest BCUT2D eigenvalue weighted by Gasteiger charge is -2.26. The van der Waals surface area contributed by atoms with Crippen LogP contribution in [0.5, 0.6) is 0 Å². The Kier molecular flexibility index (Phi) is 6.40. The van der Waals surface area contributed by atoms with Gasteiger partial charge in [-0.3, -0.25) is 9.52 Å². The van der Waals surface area contributed by atoms with Gasteiger partial charge in [-0.15, -0.1) is 23.1 Å². The van der Waals surface area contributed by atoms with Gasteiger partial charge in [0.05, 0.1) is 30.2 Å². The number of thioether (sulfide) groups is 1. The number of rotatable bonds is 6. The van der Waals surface area contributed by atoms with E-state index >= 15 is 0 Å². The Hall–Kier alpha value is -1.59. The maximum absolute atomic E-state index is 12.7. The first-order valence-corrected chi connectivity index (χ1v) is 13.0. The molecular weight excluding hydrogens is 466 g/mol. The second-order valence-corrected chi connectivity index (χ2v) is 11.4. The van der Waals surface area contributed by atoms with Crippen LogP contribution in [0.25, 0.3) is 0 Å². The van der Waals surface area contributed by atoms with Gasteiger partial charge in [0.2, 0.25) is 5.91 Å². The third-order valence-electron chi connectivity index (χ3n) is 4.75. The van der Waals surface area contributed by atoms with Crippen molar-refractivity contribution >= 4 is 55.8 Å². The minimum atomic E-state index is -3.79. The fourth-order valence-electron chi connectivity index (χ4n) is 3.15. The summed E-state index contributed by atoms with van der Waals surface area (Å²) in [5.74, 6) is 0.786. The van der Waals surface area contributed by atoms with Crippen molar-refractivity contribution in [3.63, 3.8) is 0 Å². The van der Waals surface area contributed by atoms with E-state index in [9.17, 15) is 13.2 Å². The number of anilines is 1. The monoisotopic (exact) mass is 485 g/mol. The van der Waals surface area contributed by atoms with Crippen LogP contribution >= 0.6 is 34.7 Å². The smallest absolute Gasteiger partial charge is 0.263 e. The lowest BCUT2D eigenvalue weighted by molar-refractivity contribution is -0.134. The lowest BCUT2D eigenvalue weighted by atomic mass is 10.1. The highest BCUT2D eigenvalue weighted by Gasteiger charge is 2.30. The molecule has 1 saturated heterocycles. The van der Waals surface area contributed by atoms with Crippen LogP contribution in [0.4, 0.5) is 5.13 Å². The molecule has 160 valence electrons. The summed E-state index contributed by atoms with van der Waals surface area (Å²) in [7, 11) is -3.79. The number of nitrogens with one attached hydrogen (secondary N) is 1. The summed E-state index contributed by atoms with van der Waals surface area (Å²) >= 11 is 9.28. The van der Waals surface area contributed by atoms with Crippen LogP contribution in [0.2, 0.25) is 0 Å². The number of alkyl halides is 1. The standard InChI is InChI=1S/C19H20ClN3O4S3/c20-19(6-1-11-29-19)14-2-4-16(5-3-14)30(25,26)22-18-21-15(13-28-18)12-17(24)23-7-9-27-10-8-23/h1-6,13H,7-12H2,(H,21,22). The van der Waals surface area contributed by atoms with Gasteiger partial charge in [-0.05, 0) is 17.7 Å². The van der Waals surface area contributed by atoms with E-state index in [1.54, 1.807) is 34.2 Å². The molecule has 30 heavy (non-hydrogen) atoms. The molecule has 3 heterocycles. The number of carbonyl (C=O) groups excluding carboxylic acids is 1. The Morgan fingerprint density at radius 2 is 2.00 bits per heavy atom. The Labute approximate surface area is 188 Å². The molecular formula is C19H20ClN3O4S3. The molecule has 2 aliphatic rings. The van der Waals surface area contributed by atoms with Crippen LogP contribution < -0.4 is 4.72 Å².